The van der Waals surface area contributed by atoms with E-state index in [9.17, 15) is 14.7 Å². The van der Waals surface area contributed by atoms with Gasteiger partial charge in [-0.25, -0.2) is 4.68 Å². The van der Waals surface area contributed by atoms with Gasteiger partial charge in [-0.2, -0.15) is 5.10 Å². The predicted molar refractivity (Wildman–Crippen MR) is 192 cm³/mol. The number of nitrogens with zero attached hydrogens (tertiary/aromatic N) is 7. The molecule has 5 aliphatic rings. The number of carbonyl (C=O) groups excluding carboxylic acids is 2. The van der Waals surface area contributed by atoms with Crippen molar-refractivity contribution < 1.29 is 19.4 Å². The molecular formula is C38H43N9O4. The van der Waals surface area contributed by atoms with Crippen molar-refractivity contribution in [2.24, 2.45) is 0 Å². The number of fused-ring (bicyclic) bond motifs is 3. The van der Waals surface area contributed by atoms with Gasteiger partial charge in [-0.15, -0.1) is 10.2 Å². The Morgan fingerprint density at radius 3 is 2.47 bits per heavy atom. The lowest BCUT2D eigenvalue weighted by Crippen LogP contribution is -2.67. The molecule has 3 atom stereocenters. The van der Waals surface area contributed by atoms with Gasteiger partial charge in [0.05, 0.1) is 49.1 Å². The van der Waals surface area contributed by atoms with Gasteiger partial charge in [-0.1, -0.05) is 24.3 Å². The Morgan fingerprint density at radius 2 is 1.69 bits per heavy atom. The van der Waals surface area contributed by atoms with Crippen molar-refractivity contribution in [1.82, 2.24) is 30.2 Å². The molecule has 3 saturated heterocycles. The van der Waals surface area contributed by atoms with Crippen molar-refractivity contribution in [1.29, 1.82) is 0 Å². The van der Waals surface area contributed by atoms with Crippen molar-refractivity contribution in [3.05, 3.63) is 72.1 Å². The summed E-state index contributed by atoms with van der Waals surface area (Å²) in [7, 11) is 0. The van der Waals surface area contributed by atoms with Crippen LogP contribution >= 0.6 is 0 Å². The van der Waals surface area contributed by atoms with Crippen LogP contribution in [0.1, 0.15) is 55.6 Å². The molecule has 13 nitrogen and oxygen atoms in total. The maximum atomic E-state index is 12.7. The summed E-state index contributed by atoms with van der Waals surface area (Å²) in [5.74, 6) is 0.582. The van der Waals surface area contributed by atoms with Gasteiger partial charge in [0.1, 0.15) is 17.5 Å². The number of aromatic hydroxyl groups is 1. The van der Waals surface area contributed by atoms with Gasteiger partial charge >= 0.3 is 0 Å². The number of benzene rings is 2. The van der Waals surface area contributed by atoms with Crippen molar-refractivity contribution in [2.75, 3.05) is 48.4 Å². The average molecular weight is 690 g/mol. The fraction of sp³-hybridized carbons (Fsp3) is 0.447. The van der Waals surface area contributed by atoms with E-state index in [0.717, 1.165) is 57.4 Å². The van der Waals surface area contributed by atoms with E-state index >= 15 is 0 Å². The zero-order chi connectivity index (χ0) is 34.6. The molecule has 9 rings (SSSR count). The Balaban J connectivity index is 0.869. The van der Waals surface area contributed by atoms with E-state index < -0.39 is 0 Å². The highest BCUT2D eigenvalue weighted by Gasteiger charge is 2.44. The first-order valence-corrected chi connectivity index (χ1v) is 18.2. The van der Waals surface area contributed by atoms with Crippen molar-refractivity contribution in [2.45, 2.75) is 75.0 Å². The number of ether oxygens (including phenoxy) is 1. The minimum absolute atomic E-state index is 0.130. The molecule has 1 aliphatic carbocycles. The van der Waals surface area contributed by atoms with Gasteiger partial charge in [0.25, 0.3) is 0 Å². The van der Waals surface area contributed by atoms with E-state index in [2.05, 4.69) is 53.5 Å². The smallest absolute Gasteiger partial charge is 0.249 e. The molecule has 51 heavy (non-hydrogen) atoms. The number of aromatic nitrogens is 4. The number of phenolic OH excluding ortho intramolecular Hbond substituents is 1. The third kappa shape index (κ3) is 5.78. The number of rotatable bonds is 6. The summed E-state index contributed by atoms with van der Waals surface area (Å²) in [6.45, 7) is 3.98. The lowest BCUT2D eigenvalue weighted by Gasteiger charge is -2.54. The summed E-state index contributed by atoms with van der Waals surface area (Å²) < 4.78 is 7.86. The summed E-state index contributed by atoms with van der Waals surface area (Å²) in [4.78, 5) is 31.9. The number of para-hydroxylation sites is 1. The Bertz CT molecular complexity index is 1960. The molecule has 4 aliphatic heterocycles. The fourth-order valence-corrected chi connectivity index (χ4v) is 9.36. The standard InChI is InChI=1S/C38H43N9O4/c39-37-34(16-31(42-43-37)30-4-1-2-7-35(30)48)46-20-25(17-40-46)44-18-26-21-51-22-27(19-44)47(26)24-10-8-23(9-11-24)28-5-3-6-32-29(28)14-15-45(32)33-12-13-36(49)41-38(33)50/h1-7,16-17,20,23-24,26-27,33,48H,8-15,18-19,21-22H2,(H2,39,43)(H,41,49,50)/t23?,24?,26-,27-,33-/m0/s1. The van der Waals surface area contributed by atoms with Crippen LogP contribution in [0.25, 0.3) is 16.9 Å². The van der Waals surface area contributed by atoms with Gasteiger partial charge in [-0.3, -0.25) is 19.8 Å². The molecule has 264 valence electrons. The molecule has 0 spiro atoms. The molecule has 2 aromatic carbocycles. The number of imide groups is 1. The molecule has 0 unspecified atom stereocenters. The van der Waals surface area contributed by atoms with Crippen LogP contribution in [-0.4, -0.2) is 98.8 Å². The molecule has 2 bridgehead atoms. The highest BCUT2D eigenvalue weighted by Crippen LogP contribution is 2.43. The van der Waals surface area contributed by atoms with Gasteiger partial charge in [0, 0.05) is 43.3 Å². The predicted octanol–water partition coefficient (Wildman–Crippen LogP) is 3.40. The third-order valence-corrected chi connectivity index (χ3v) is 11.7. The molecule has 13 heteroatoms. The van der Waals surface area contributed by atoms with E-state index in [1.165, 1.54) is 16.8 Å². The maximum absolute atomic E-state index is 12.7. The first kappa shape index (κ1) is 31.9. The number of nitrogens with one attached hydrogen (secondary N) is 1. The first-order valence-electron chi connectivity index (χ1n) is 18.2. The Morgan fingerprint density at radius 1 is 0.882 bits per heavy atom. The second kappa shape index (κ2) is 13.0. The maximum Gasteiger partial charge on any atom is 0.249 e. The number of amides is 2. The molecule has 4 fully saturated rings. The molecule has 6 heterocycles. The molecule has 2 amide bonds. The van der Waals surface area contributed by atoms with Crippen LogP contribution < -0.4 is 20.9 Å². The number of nitrogen functional groups attached to an aromatic ring is 1. The normalized spacial score (nSPS) is 26.6. The van der Waals surface area contributed by atoms with Gasteiger partial charge in [0.2, 0.25) is 11.8 Å². The zero-order valence-corrected chi connectivity index (χ0v) is 28.5. The number of phenols is 1. The van der Waals surface area contributed by atoms with Crippen LogP contribution in [-0.2, 0) is 20.7 Å². The average Bonchev–Trinajstić information content (AvgIpc) is 3.80. The summed E-state index contributed by atoms with van der Waals surface area (Å²) in [6, 6.07) is 16.3. The summed E-state index contributed by atoms with van der Waals surface area (Å²) >= 11 is 0. The topological polar surface area (TPSA) is 155 Å². The highest BCUT2D eigenvalue weighted by molar-refractivity contribution is 6.02. The minimum Gasteiger partial charge on any atom is -0.507 e. The number of hydrogen-bond acceptors (Lipinski definition) is 11. The van der Waals surface area contributed by atoms with Crippen LogP contribution in [0.3, 0.4) is 0 Å². The number of morpholine rings is 1. The zero-order valence-electron chi connectivity index (χ0n) is 28.5. The monoisotopic (exact) mass is 689 g/mol. The summed E-state index contributed by atoms with van der Waals surface area (Å²) in [5.41, 5.74) is 13.0. The van der Waals surface area contributed by atoms with E-state index in [0.29, 0.717) is 67.0 Å². The number of nitrogens with two attached hydrogens (primary N) is 1. The Hall–Kier alpha value is -5.01. The lowest BCUT2D eigenvalue weighted by atomic mass is 9.78. The van der Waals surface area contributed by atoms with Crippen LogP contribution in [0, 0.1) is 0 Å². The van der Waals surface area contributed by atoms with Crippen molar-refractivity contribution in [3.8, 4) is 22.7 Å². The molecule has 4 aromatic rings. The largest absolute Gasteiger partial charge is 0.507 e. The molecule has 2 aromatic heterocycles. The minimum atomic E-state index is -0.266. The van der Waals surface area contributed by atoms with Crippen LogP contribution in [0.15, 0.2) is 60.9 Å². The number of hydrogen-bond donors (Lipinski definition) is 3. The number of anilines is 3. The van der Waals surface area contributed by atoms with E-state index in [4.69, 9.17) is 10.5 Å². The highest BCUT2D eigenvalue weighted by atomic mass is 16.5. The van der Waals surface area contributed by atoms with E-state index in [1.54, 1.807) is 22.9 Å². The van der Waals surface area contributed by atoms with Crippen molar-refractivity contribution in [3.63, 3.8) is 0 Å². The second-order valence-corrected chi connectivity index (χ2v) is 14.6. The SMILES string of the molecule is Nc1nnc(-c2ccccc2O)cc1-n1cc(N2C[C@H]3COC[C@H](C2)N3C2CCC(c3cccc4c3CCN4[C@H]3CCC(=O)NC3=O)CC2)cn1. The molecule has 4 N–H and O–H groups in total. The number of piperazine rings is 1. The lowest BCUT2D eigenvalue weighted by molar-refractivity contribution is -0.134. The number of carbonyl (C=O) groups is 2. The van der Waals surface area contributed by atoms with Gasteiger partial charge in [-0.05, 0) is 79.8 Å². The number of piperidine rings is 1. The molecular weight excluding hydrogens is 646 g/mol. The van der Waals surface area contributed by atoms with Gasteiger partial charge < -0.3 is 25.4 Å². The summed E-state index contributed by atoms with van der Waals surface area (Å²) in [5, 5.41) is 25.9. The van der Waals surface area contributed by atoms with Crippen LogP contribution in [0.5, 0.6) is 5.75 Å². The quantitative estimate of drug-likeness (QED) is 0.255. The Labute approximate surface area is 296 Å². The second-order valence-electron chi connectivity index (χ2n) is 14.6. The van der Waals surface area contributed by atoms with Gasteiger partial charge in [0.15, 0.2) is 5.82 Å². The van der Waals surface area contributed by atoms with E-state index in [-0.39, 0.29) is 29.4 Å². The van der Waals surface area contributed by atoms with E-state index in [1.807, 2.05) is 24.5 Å². The molecule has 0 radical (unpaired) electrons. The van der Waals surface area contributed by atoms with Crippen LogP contribution in [0.4, 0.5) is 17.2 Å². The third-order valence-electron chi connectivity index (χ3n) is 11.7. The molecule has 1 saturated carbocycles. The summed E-state index contributed by atoms with van der Waals surface area (Å²) in [6.07, 6.45) is 10.4. The first-order chi connectivity index (χ1) is 24.9. The van der Waals surface area contributed by atoms with Crippen molar-refractivity contribution >= 4 is 29.0 Å². The van der Waals surface area contributed by atoms with Crippen LogP contribution in [0.2, 0.25) is 0 Å². The fourth-order valence-electron chi connectivity index (χ4n) is 9.36. The Kier molecular flexibility index (Phi) is 8.11.